The van der Waals surface area contributed by atoms with Gasteiger partial charge in [-0.15, -0.1) is 0 Å². The fourth-order valence-corrected chi connectivity index (χ4v) is 5.12. The highest BCUT2D eigenvalue weighted by Crippen LogP contribution is 2.52. The highest BCUT2D eigenvalue weighted by Gasteiger charge is 2.59. The van der Waals surface area contributed by atoms with Crippen molar-refractivity contribution in [3.8, 4) is 11.8 Å². The van der Waals surface area contributed by atoms with Gasteiger partial charge in [-0.25, -0.2) is 0 Å². The van der Waals surface area contributed by atoms with Crippen LogP contribution < -0.4 is 0 Å². The van der Waals surface area contributed by atoms with Crippen LogP contribution in [0.15, 0.2) is 47.6 Å². The summed E-state index contributed by atoms with van der Waals surface area (Å²) in [5.74, 6) is -0.448. The van der Waals surface area contributed by atoms with Crippen LogP contribution in [0.2, 0.25) is 0 Å². The molecule has 2 fully saturated rings. The van der Waals surface area contributed by atoms with Crippen molar-refractivity contribution >= 4 is 18.0 Å². The predicted octanol–water partition coefficient (Wildman–Crippen LogP) is 3.11. The first-order valence-corrected chi connectivity index (χ1v) is 9.79. The zero-order chi connectivity index (χ0) is 20.3. The lowest BCUT2D eigenvalue weighted by atomic mass is 9.85. The van der Waals surface area contributed by atoms with E-state index in [2.05, 4.69) is 27.9 Å². The highest BCUT2D eigenvalue weighted by molar-refractivity contribution is 6.06. The Morgan fingerprint density at radius 1 is 1.07 bits per heavy atom. The Labute approximate surface area is 168 Å². The third-order valence-electron chi connectivity index (χ3n) is 6.48. The van der Waals surface area contributed by atoms with Crippen molar-refractivity contribution in [3.05, 3.63) is 65.0 Å². The van der Waals surface area contributed by atoms with Gasteiger partial charge in [-0.2, -0.15) is 15.4 Å². The van der Waals surface area contributed by atoms with Gasteiger partial charge in [0.05, 0.1) is 29.7 Å². The monoisotopic (exact) mass is 384 g/mol. The molecule has 3 aliphatic rings. The van der Waals surface area contributed by atoms with Gasteiger partial charge in [0.2, 0.25) is 0 Å². The number of carbonyl (C=O) groups is 2. The van der Waals surface area contributed by atoms with Crippen LogP contribution in [-0.2, 0) is 9.59 Å². The number of hydrogen-bond acceptors (Lipinski definition) is 4. The van der Waals surface area contributed by atoms with Crippen molar-refractivity contribution in [1.29, 1.82) is 5.26 Å². The summed E-state index contributed by atoms with van der Waals surface area (Å²) in [5.41, 5.74) is 4.37. The zero-order valence-electron chi connectivity index (χ0n) is 16.2. The molecule has 6 nitrogen and oxygen atoms in total. The van der Waals surface area contributed by atoms with Crippen LogP contribution in [0.25, 0.3) is 5.69 Å². The van der Waals surface area contributed by atoms with E-state index in [4.69, 9.17) is 5.26 Å². The van der Waals surface area contributed by atoms with E-state index >= 15 is 0 Å². The van der Waals surface area contributed by atoms with Gasteiger partial charge in [-0.1, -0.05) is 12.2 Å². The van der Waals surface area contributed by atoms with Crippen molar-refractivity contribution in [2.75, 3.05) is 0 Å². The van der Waals surface area contributed by atoms with Crippen molar-refractivity contribution in [2.45, 2.75) is 20.3 Å². The van der Waals surface area contributed by atoms with Crippen molar-refractivity contribution in [2.24, 2.45) is 28.8 Å². The van der Waals surface area contributed by atoms with Gasteiger partial charge in [0.1, 0.15) is 0 Å². The summed E-state index contributed by atoms with van der Waals surface area (Å²) in [6.45, 7) is 3.96. The Bertz CT molecular complexity index is 1100. The second-order valence-electron chi connectivity index (χ2n) is 8.05. The average Bonchev–Trinajstić information content (AvgIpc) is 3.45. The molecule has 29 heavy (non-hydrogen) atoms. The zero-order valence-corrected chi connectivity index (χ0v) is 16.2. The van der Waals surface area contributed by atoms with Gasteiger partial charge in [-0.3, -0.25) is 9.59 Å². The molecule has 5 rings (SSSR count). The lowest BCUT2D eigenvalue weighted by molar-refractivity contribution is -0.140. The molecule has 2 aromatic rings. The topological polar surface area (TPSA) is 78.5 Å². The Morgan fingerprint density at radius 2 is 1.69 bits per heavy atom. The number of benzene rings is 1. The Hall–Kier alpha value is -3.46. The first-order valence-electron chi connectivity index (χ1n) is 9.79. The Morgan fingerprint density at radius 3 is 2.28 bits per heavy atom. The molecule has 144 valence electrons. The van der Waals surface area contributed by atoms with Crippen LogP contribution in [0.5, 0.6) is 0 Å². The summed E-state index contributed by atoms with van der Waals surface area (Å²) < 4.78 is 2.06. The van der Waals surface area contributed by atoms with Crippen molar-refractivity contribution in [3.63, 3.8) is 0 Å². The molecule has 2 heterocycles. The van der Waals surface area contributed by atoms with E-state index in [1.54, 1.807) is 18.3 Å². The van der Waals surface area contributed by atoms with Gasteiger partial charge in [0.15, 0.2) is 0 Å². The summed E-state index contributed by atoms with van der Waals surface area (Å²) in [7, 11) is 0. The summed E-state index contributed by atoms with van der Waals surface area (Å²) in [6.07, 6.45) is 6.68. The quantitative estimate of drug-likeness (QED) is 0.463. The number of fused-ring (bicyclic) bond motifs is 5. The molecule has 1 saturated heterocycles. The third kappa shape index (κ3) is 2.51. The second kappa shape index (κ2) is 6.28. The Kier molecular flexibility index (Phi) is 3.82. The van der Waals surface area contributed by atoms with Crippen LogP contribution in [0.4, 0.5) is 0 Å². The smallest absolute Gasteiger partial charge is 0.254 e. The minimum Gasteiger partial charge on any atom is -0.318 e. The number of aromatic nitrogens is 1. The van der Waals surface area contributed by atoms with Gasteiger partial charge in [0.25, 0.3) is 11.8 Å². The van der Waals surface area contributed by atoms with Crippen LogP contribution in [0.3, 0.4) is 0 Å². The number of allylic oxidation sites excluding steroid dienone is 2. The maximum Gasteiger partial charge on any atom is 0.254 e. The average molecular weight is 384 g/mol. The van der Waals surface area contributed by atoms with Crippen LogP contribution in [0, 0.1) is 48.9 Å². The molecule has 6 heteroatoms. The number of amides is 2. The minimum atomic E-state index is -0.235. The molecule has 1 saturated carbocycles. The normalized spacial score (nSPS) is 27.3. The van der Waals surface area contributed by atoms with Crippen LogP contribution >= 0.6 is 0 Å². The molecule has 4 atom stereocenters. The molecule has 2 bridgehead atoms. The summed E-state index contributed by atoms with van der Waals surface area (Å²) in [5, 5.41) is 14.4. The van der Waals surface area contributed by atoms with Gasteiger partial charge < -0.3 is 4.57 Å². The molecule has 1 aromatic heterocycles. The van der Waals surface area contributed by atoms with Gasteiger partial charge in [-0.05, 0) is 62.4 Å². The lowest BCUT2D eigenvalue weighted by Gasteiger charge is -2.13. The number of nitriles is 1. The fraction of sp³-hybridized carbons (Fsp3) is 0.304. The van der Waals surface area contributed by atoms with E-state index in [0.717, 1.165) is 34.1 Å². The van der Waals surface area contributed by atoms with E-state index in [1.165, 1.54) is 0 Å². The number of rotatable bonds is 3. The third-order valence-corrected chi connectivity index (χ3v) is 6.48. The second-order valence-corrected chi connectivity index (χ2v) is 8.05. The van der Waals surface area contributed by atoms with Gasteiger partial charge in [0, 0.05) is 22.6 Å². The van der Waals surface area contributed by atoms with Crippen molar-refractivity contribution < 1.29 is 9.59 Å². The maximum atomic E-state index is 12.8. The van der Waals surface area contributed by atoms with Crippen molar-refractivity contribution in [1.82, 2.24) is 9.58 Å². The van der Waals surface area contributed by atoms with E-state index < -0.39 is 0 Å². The first-order chi connectivity index (χ1) is 14.0. The van der Waals surface area contributed by atoms with E-state index in [-0.39, 0.29) is 35.5 Å². The molecular formula is C23H20N4O2. The summed E-state index contributed by atoms with van der Waals surface area (Å²) in [4.78, 5) is 25.5. The lowest BCUT2D eigenvalue weighted by Crippen LogP contribution is -2.28. The number of carbonyl (C=O) groups excluding carboxylic acids is 2. The maximum absolute atomic E-state index is 12.8. The molecule has 1 aliphatic heterocycles. The summed E-state index contributed by atoms with van der Waals surface area (Å²) in [6, 6.07) is 11.5. The van der Waals surface area contributed by atoms with E-state index in [0.29, 0.717) is 5.56 Å². The number of hydrogen-bond donors (Lipinski definition) is 0. The number of imide groups is 1. The predicted molar refractivity (Wildman–Crippen MR) is 107 cm³/mol. The standard InChI is InChI=1S/C23H20N4O2/c1-13-9-18(14(2)26(13)19-7-3-15(11-24)4-8-19)12-25-27-22(28)20-16-5-6-17(10-16)21(20)23(27)29/h3-9,12,16-17,20-21H,10H2,1-2H3/t16-,17-,20-,21+/m0/s1. The number of nitrogens with zero attached hydrogens (tertiary/aromatic N) is 4. The highest BCUT2D eigenvalue weighted by atomic mass is 16.2. The van der Waals surface area contributed by atoms with Gasteiger partial charge >= 0.3 is 0 Å². The van der Waals surface area contributed by atoms with E-state index in [1.807, 2.05) is 32.0 Å². The van der Waals surface area contributed by atoms with E-state index in [9.17, 15) is 9.59 Å². The molecule has 0 radical (unpaired) electrons. The molecular weight excluding hydrogens is 364 g/mol. The van der Waals surface area contributed by atoms with Crippen LogP contribution in [-0.4, -0.2) is 27.6 Å². The van der Waals surface area contributed by atoms with Crippen LogP contribution in [0.1, 0.15) is 28.9 Å². The SMILES string of the molecule is Cc1cc(C=NN2C(=O)[C@@H]3[C@H](C2=O)[C@H]2C=C[C@H]3C2)c(C)n1-c1ccc(C#N)cc1. The molecule has 1 aromatic carbocycles. The summed E-state index contributed by atoms with van der Waals surface area (Å²) >= 11 is 0. The number of hydrazone groups is 1. The number of aryl methyl sites for hydroxylation is 1. The Balaban J connectivity index is 1.43. The largest absolute Gasteiger partial charge is 0.318 e. The fourth-order valence-electron chi connectivity index (χ4n) is 5.12. The first kappa shape index (κ1) is 17.6. The minimum absolute atomic E-state index is 0.172. The molecule has 0 unspecified atom stereocenters. The molecule has 0 spiro atoms. The molecule has 0 N–H and O–H groups in total. The molecule has 2 amide bonds. The molecule has 2 aliphatic carbocycles.